The van der Waals surface area contributed by atoms with Crippen molar-refractivity contribution in [3.8, 4) is 0 Å². The molecule has 0 radical (unpaired) electrons. The van der Waals surface area contributed by atoms with Gasteiger partial charge in [0, 0.05) is 42.7 Å². The van der Waals surface area contributed by atoms with Gasteiger partial charge >= 0.3 is 0 Å². The van der Waals surface area contributed by atoms with Gasteiger partial charge in [0.1, 0.15) is 6.04 Å². The standard InChI is InChI=1S/C26H28ClN3O5S3/c27-24-14-8-7-9-21(24)20-36-18-15-28-26(31)25-19-29(37(32,33)22-10-3-1-4-11-22)16-17-30(25)38(34,35)23-12-5-2-6-13-23/h1-14,25H,15-20H2,(H,28,31)/t25-/m0/s1. The van der Waals surface area contributed by atoms with E-state index in [-0.39, 0.29) is 36.0 Å². The van der Waals surface area contributed by atoms with Crippen LogP contribution in [0.1, 0.15) is 5.56 Å². The third-order valence-corrected chi connectivity index (χ3v) is 11.3. The number of rotatable bonds is 10. The number of amides is 1. The Morgan fingerprint density at radius 2 is 1.42 bits per heavy atom. The Morgan fingerprint density at radius 1 is 0.842 bits per heavy atom. The zero-order chi connectivity index (χ0) is 27.2. The molecule has 1 aliphatic heterocycles. The van der Waals surface area contributed by atoms with Crippen molar-refractivity contribution in [3.05, 3.63) is 95.5 Å². The van der Waals surface area contributed by atoms with E-state index in [0.29, 0.717) is 16.5 Å². The third-order valence-electron chi connectivity index (χ3n) is 6.09. The Balaban J connectivity index is 1.49. The minimum absolute atomic E-state index is 0.0486. The van der Waals surface area contributed by atoms with Crippen LogP contribution >= 0.6 is 23.4 Å². The maximum atomic E-state index is 13.5. The lowest BCUT2D eigenvalue weighted by Crippen LogP contribution is -2.61. The first-order chi connectivity index (χ1) is 18.2. The molecule has 1 fully saturated rings. The summed E-state index contributed by atoms with van der Waals surface area (Å²) in [6.45, 7) is -0.222. The maximum Gasteiger partial charge on any atom is 0.243 e. The highest BCUT2D eigenvalue weighted by molar-refractivity contribution is 7.98. The molecule has 38 heavy (non-hydrogen) atoms. The van der Waals surface area contributed by atoms with Crippen molar-refractivity contribution in [1.82, 2.24) is 13.9 Å². The molecule has 8 nitrogen and oxygen atoms in total. The summed E-state index contributed by atoms with van der Waals surface area (Å²) in [6, 6.07) is 22.0. The smallest absolute Gasteiger partial charge is 0.243 e. The van der Waals surface area contributed by atoms with Crippen LogP contribution in [0.5, 0.6) is 0 Å². The van der Waals surface area contributed by atoms with E-state index >= 15 is 0 Å². The Kier molecular flexibility index (Phi) is 9.50. The fourth-order valence-corrected chi connectivity index (χ4v) is 8.29. The number of thioether (sulfide) groups is 1. The van der Waals surface area contributed by atoms with E-state index in [1.165, 1.54) is 28.6 Å². The molecule has 0 aliphatic carbocycles. The molecule has 1 N–H and O–H groups in total. The second-order valence-corrected chi connectivity index (χ2v) is 13.9. The lowest BCUT2D eigenvalue weighted by atomic mass is 10.2. The van der Waals surface area contributed by atoms with E-state index in [4.69, 9.17) is 11.6 Å². The number of piperazine rings is 1. The van der Waals surface area contributed by atoms with E-state index in [2.05, 4.69) is 5.32 Å². The number of carbonyl (C=O) groups excluding carboxylic acids is 1. The van der Waals surface area contributed by atoms with Crippen LogP contribution in [-0.2, 0) is 30.6 Å². The van der Waals surface area contributed by atoms with E-state index in [1.54, 1.807) is 48.2 Å². The fraction of sp³-hybridized carbons (Fsp3) is 0.269. The highest BCUT2D eigenvalue weighted by Crippen LogP contribution is 2.26. The summed E-state index contributed by atoms with van der Waals surface area (Å²) in [4.78, 5) is 13.5. The minimum Gasteiger partial charge on any atom is -0.354 e. The molecular formula is C26H28ClN3O5S3. The van der Waals surface area contributed by atoms with E-state index in [0.717, 1.165) is 9.87 Å². The van der Waals surface area contributed by atoms with Gasteiger partial charge in [0.05, 0.1) is 9.79 Å². The van der Waals surface area contributed by atoms with Crippen molar-refractivity contribution < 1.29 is 21.6 Å². The quantitative estimate of drug-likeness (QED) is 0.361. The lowest BCUT2D eigenvalue weighted by molar-refractivity contribution is -0.125. The average molecular weight is 594 g/mol. The first-order valence-electron chi connectivity index (χ1n) is 11.9. The summed E-state index contributed by atoms with van der Waals surface area (Å²) in [7, 11) is -7.95. The van der Waals surface area contributed by atoms with Gasteiger partial charge < -0.3 is 5.32 Å². The van der Waals surface area contributed by atoms with Crippen LogP contribution in [0.15, 0.2) is 94.7 Å². The van der Waals surface area contributed by atoms with Crippen LogP contribution < -0.4 is 5.32 Å². The number of nitrogens with one attached hydrogen (secondary N) is 1. The summed E-state index contributed by atoms with van der Waals surface area (Å²) < 4.78 is 55.7. The summed E-state index contributed by atoms with van der Waals surface area (Å²) in [5.74, 6) is 0.688. The van der Waals surface area contributed by atoms with Gasteiger partial charge in [0.15, 0.2) is 0 Å². The highest BCUT2D eigenvalue weighted by atomic mass is 35.5. The van der Waals surface area contributed by atoms with Crippen LogP contribution in [0.25, 0.3) is 0 Å². The molecule has 0 bridgehead atoms. The number of halogens is 1. The largest absolute Gasteiger partial charge is 0.354 e. The Morgan fingerprint density at radius 3 is 2.05 bits per heavy atom. The van der Waals surface area contributed by atoms with Crippen molar-refractivity contribution in [3.63, 3.8) is 0 Å². The summed E-state index contributed by atoms with van der Waals surface area (Å²) >= 11 is 7.77. The van der Waals surface area contributed by atoms with Gasteiger partial charge in [0.25, 0.3) is 0 Å². The first kappa shape index (κ1) is 28.6. The Bertz CT molecular complexity index is 1460. The maximum absolute atomic E-state index is 13.5. The van der Waals surface area contributed by atoms with Crippen LogP contribution in [0.3, 0.4) is 0 Å². The second-order valence-electron chi connectivity index (χ2n) is 8.56. The number of nitrogens with zero attached hydrogens (tertiary/aromatic N) is 2. The van der Waals surface area contributed by atoms with Crippen molar-refractivity contribution in [2.45, 2.75) is 21.6 Å². The van der Waals surface area contributed by atoms with Crippen LogP contribution in [0, 0.1) is 0 Å². The van der Waals surface area contributed by atoms with E-state index in [9.17, 15) is 21.6 Å². The molecule has 202 valence electrons. The lowest BCUT2D eigenvalue weighted by Gasteiger charge is -2.38. The SMILES string of the molecule is O=C(NCCSCc1ccccc1Cl)[C@@H]1CN(S(=O)(=O)c2ccccc2)CCN1S(=O)(=O)c1ccccc1. The number of benzene rings is 3. The number of sulfonamides is 2. The predicted molar refractivity (Wildman–Crippen MR) is 150 cm³/mol. The van der Waals surface area contributed by atoms with E-state index in [1.807, 2.05) is 24.3 Å². The van der Waals surface area contributed by atoms with Crippen LogP contribution in [-0.4, -0.2) is 69.3 Å². The van der Waals surface area contributed by atoms with Crippen LogP contribution in [0.2, 0.25) is 5.02 Å². The molecular weight excluding hydrogens is 566 g/mol. The second kappa shape index (κ2) is 12.6. The molecule has 3 aromatic carbocycles. The number of carbonyl (C=O) groups is 1. The molecule has 1 aliphatic rings. The van der Waals surface area contributed by atoms with Crippen molar-refractivity contribution >= 4 is 49.3 Å². The first-order valence-corrected chi connectivity index (χ1v) is 16.3. The fourth-order valence-electron chi connectivity index (χ4n) is 4.09. The van der Waals surface area contributed by atoms with Gasteiger partial charge in [-0.05, 0) is 35.9 Å². The van der Waals surface area contributed by atoms with Crippen molar-refractivity contribution in [2.75, 3.05) is 31.9 Å². The normalized spacial score (nSPS) is 17.2. The third kappa shape index (κ3) is 6.59. The zero-order valence-electron chi connectivity index (χ0n) is 20.4. The average Bonchev–Trinajstić information content (AvgIpc) is 2.94. The van der Waals surface area contributed by atoms with Gasteiger partial charge in [0.2, 0.25) is 26.0 Å². The molecule has 4 rings (SSSR count). The van der Waals surface area contributed by atoms with E-state index < -0.39 is 32.0 Å². The molecule has 1 saturated heterocycles. The monoisotopic (exact) mass is 593 g/mol. The van der Waals surface area contributed by atoms with Gasteiger partial charge in [-0.25, -0.2) is 16.8 Å². The van der Waals surface area contributed by atoms with Gasteiger partial charge in [-0.3, -0.25) is 4.79 Å². The molecule has 0 aromatic heterocycles. The summed E-state index contributed by atoms with van der Waals surface area (Å²) in [6.07, 6.45) is 0. The molecule has 0 saturated carbocycles. The molecule has 3 aromatic rings. The van der Waals surface area contributed by atoms with Crippen molar-refractivity contribution in [2.24, 2.45) is 0 Å². The topological polar surface area (TPSA) is 104 Å². The number of hydrogen-bond acceptors (Lipinski definition) is 6. The number of hydrogen-bond donors (Lipinski definition) is 1. The molecule has 1 amide bonds. The molecule has 0 unspecified atom stereocenters. The van der Waals surface area contributed by atoms with Gasteiger partial charge in [-0.2, -0.15) is 20.4 Å². The Labute approximate surface area is 233 Å². The minimum atomic E-state index is -4.03. The predicted octanol–water partition coefficient (Wildman–Crippen LogP) is 3.45. The van der Waals surface area contributed by atoms with Crippen molar-refractivity contribution in [1.29, 1.82) is 0 Å². The van der Waals surface area contributed by atoms with Gasteiger partial charge in [-0.15, -0.1) is 0 Å². The molecule has 1 atom stereocenters. The van der Waals surface area contributed by atoms with Crippen LogP contribution in [0.4, 0.5) is 0 Å². The highest BCUT2D eigenvalue weighted by Gasteiger charge is 2.43. The summed E-state index contributed by atoms with van der Waals surface area (Å²) in [5.41, 5.74) is 0.986. The molecule has 1 heterocycles. The zero-order valence-corrected chi connectivity index (χ0v) is 23.6. The summed E-state index contributed by atoms with van der Waals surface area (Å²) in [5, 5.41) is 3.47. The molecule has 12 heteroatoms. The molecule has 0 spiro atoms. The Hall–Kier alpha value is -2.41. The van der Waals surface area contributed by atoms with Gasteiger partial charge in [-0.1, -0.05) is 66.2 Å².